The fourth-order valence-corrected chi connectivity index (χ4v) is 2.23. The van der Waals surface area contributed by atoms with Gasteiger partial charge in [-0.05, 0) is 54.0 Å². The highest BCUT2D eigenvalue weighted by Crippen LogP contribution is 2.22. The van der Waals surface area contributed by atoms with Crippen LogP contribution in [0, 0.1) is 0 Å². The summed E-state index contributed by atoms with van der Waals surface area (Å²) in [5.74, 6) is 0.0372. The molecule has 2 unspecified atom stereocenters. The molecular formula is C13H26N2O2. The highest BCUT2D eigenvalue weighted by atomic mass is 16.3. The average Bonchev–Trinajstić information content (AvgIpc) is 2.12. The van der Waals surface area contributed by atoms with Gasteiger partial charge in [0.05, 0.1) is 11.6 Å². The van der Waals surface area contributed by atoms with Crippen LogP contribution in [0.5, 0.6) is 0 Å². The largest absolute Gasteiger partial charge is 0.389 e. The molecule has 0 radical (unpaired) electrons. The molecule has 1 fully saturated rings. The van der Waals surface area contributed by atoms with E-state index in [1.54, 1.807) is 0 Å². The number of nitrogens with zero attached hydrogens (tertiary/aromatic N) is 1. The van der Waals surface area contributed by atoms with Gasteiger partial charge in [-0.2, -0.15) is 0 Å². The van der Waals surface area contributed by atoms with Crippen molar-refractivity contribution in [1.82, 2.24) is 10.2 Å². The zero-order valence-corrected chi connectivity index (χ0v) is 11.7. The molecule has 17 heavy (non-hydrogen) atoms. The van der Waals surface area contributed by atoms with E-state index in [-0.39, 0.29) is 17.5 Å². The Bertz CT molecular complexity index is 282. The van der Waals surface area contributed by atoms with Crippen LogP contribution in [-0.4, -0.2) is 46.2 Å². The Morgan fingerprint density at radius 2 is 2.06 bits per heavy atom. The summed E-state index contributed by atoms with van der Waals surface area (Å²) < 4.78 is 0. The minimum absolute atomic E-state index is 0.0372. The second kappa shape index (κ2) is 4.94. The molecular weight excluding hydrogens is 216 g/mol. The molecule has 1 aliphatic heterocycles. The fraction of sp³-hybridized carbons (Fsp3) is 0.923. The van der Waals surface area contributed by atoms with Crippen LogP contribution in [0.15, 0.2) is 0 Å². The third kappa shape index (κ3) is 4.64. The van der Waals surface area contributed by atoms with Crippen molar-refractivity contribution < 1.29 is 9.90 Å². The summed E-state index contributed by atoms with van der Waals surface area (Å²) in [5.41, 5.74) is -0.863. The molecule has 0 saturated carbocycles. The smallest absolute Gasteiger partial charge is 0.237 e. The van der Waals surface area contributed by atoms with E-state index in [4.69, 9.17) is 0 Å². The molecule has 1 saturated heterocycles. The summed E-state index contributed by atoms with van der Waals surface area (Å²) >= 11 is 0. The van der Waals surface area contributed by atoms with Crippen molar-refractivity contribution in [1.29, 1.82) is 0 Å². The van der Waals surface area contributed by atoms with E-state index in [1.807, 2.05) is 34.6 Å². The van der Waals surface area contributed by atoms with Gasteiger partial charge in [0.15, 0.2) is 0 Å². The van der Waals surface area contributed by atoms with Crippen molar-refractivity contribution in [2.75, 3.05) is 13.1 Å². The first-order chi connectivity index (χ1) is 7.61. The van der Waals surface area contributed by atoms with Crippen LogP contribution in [-0.2, 0) is 4.79 Å². The van der Waals surface area contributed by atoms with Gasteiger partial charge in [0.2, 0.25) is 5.91 Å². The second-order valence-corrected chi connectivity index (χ2v) is 6.49. The zero-order valence-electron chi connectivity index (χ0n) is 11.7. The zero-order chi connectivity index (χ0) is 13.3. The van der Waals surface area contributed by atoms with Crippen molar-refractivity contribution >= 4 is 5.91 Å². The Morgan fingerprint density at radius 1 is 1.47 bits per heavy atom. The van der Waals surface area contributed by atoms with Gasteiger partial charge < -0.3 is 10.4 Å². The summed E-state index contributed by atoms with van der Waals surface area (Å²) in [5, 5.41) is 13.0. The number of hydrogen-bond acceptors (Lipinski definition) is 3. The quantitative estimate of drug-likeness (QED) is 0.763. The van der Waals surface area contributed by atoms with Crippen LogP contribution >= 0.6 is 0 Å². The van der Waals surface area contributed by atoms with E-state index in [9.17, 15) is 9.90 Å². The average molecular weight is 242 g/mol. The van der Waals surface area contributed by atoms with Crippen molar-refractivity contribution in [3.8, 4) is 0 Å². The molecule has 100 valence electrons. The molecule has 0 aromatic rings. The summed E-state index contributed by atoms with van der Waals surface area (Å²) in [4.78, 5) is 14.1. The maximum Gasteiger partial charge on any atom is 0.237 e. The number of β-amino-alcohol motifs (C(OH)–C–C–N with tert-alkyl or cyclic N) is 1. The molecule has 1 rings (SSSR count). The predicted molar refractivity (Wildman–Crippen MR) is 68.8 cm³/mol. The topological polar surface area (TPSA) is 52.6 Å². The van der Waals surface area contributed by atoms with E-state index in [2.05, 4.69) is 10.2 Å². The summed E-state index contributed by atoms with van der Waals surface area (Å²) in [6, 6.07) is -0.180. The lowest BCUT2D eigenvalue weighted by molar-refractivity contribution is -0.129. The van der Waals surface area contributed by atoms with Gasteiger partial charge in [-0.25, -0.2) is 0 Å². The third-order valence-corrected chi connectivity index (χ3v) is 3.13. The first kappa shape index (κ1) is 14.5. The standard InChI is InChI=1S/C13H26N2O2/c1-10(11(16)14-12(2,3)4)15-8-6-7-13(5,17)9-15/h10,17H,6-9H2,1-5H3,(H,14,16). The van der Waals surface area contributed by atoms with Gasteiger partial charge in [-0.3, -0.25) is 9.69 Å². The van der Waals surface area contributed by atoms with E-state index < -0.39 is 5.60 Å². The molecule has 2 N–H and O–H groups in total. The second-order valence-electron chi connectivity index (χ2n) is 6.49. The Labute approximate surface area is 104 Å². The molecule has 1 heterocycles. The summed E-state index contributed by atoms with van der Waals surface area (Å²) in [6.45, 7) is 11.1. The molecule has 2 atom stereocenters. The Kier molecular flexibility index (Phi) is 4.20. The lowest BCUT2D eigenvalue weighted by atomic mass is 9.94. The van der Waals surface area contributed by atoms with Crippen LogP contribution in [0.25, 0.3) is 0 Å². The molecule has 4 nitrogen and oxygen atoms in total. The maximum atomic E-state index is 12.0. The molecule has 0 aliphatic carbocycles. The molecule has 0 spiro atoms. The van der Waals surface area contributed by atoms with Gasteiger partial charge in [-0.15, -0.1) is 0 Å². The first-order valence-electron chi connectivity index (χ1n) is 6.39. The number of aliphatic hydroxyl groups is 1. The van der Waals surface area contributed by atoms with Crippen molar-refractivity contribution in [2.45, 2.75) is 64.6 Å². The van der Waals surface area contributed by atoms with Crippen molar-refractivity contribution in [2.24, 2.45) is 0 Å². The number of rotatable bonds is 2. The molecule has 0 aromatic carbocycles. The van der Waals surface area contributed by atoms with Gasteiger partial charge in [0.25, 0.3) is 0 Å². The number of nitrogens with one attached hydrogen (secondary N) is 1. The minimum Gasteiger partial charge on any atom is -0.389 e. The van der Waals surface area contributed by atoms with Gasteiger partial charge in [0.1, 0.15) is 0 Å². The van der Waals surface area contributed by atoms with Gasteiger partial charge in [-0.1, -0.05) is 0 Å². The lowest BCUT2D eigenvalue weighted by Gasteiger charge is -2.40. The molecule has 1 aliphatic rings. The van der Waals surface area contributed by atoms with Crippen LogP contribution < -0.4 is 5.32 Å². The summed E-state index contributed by atoms with van der Waals surface area (Å²) in [7, 11) is 0. The maximum absolute atomic E-state index is 12.0. The number of carbonyl (C=O) groups is 1. The number of hydrogen-bond donors (Lipinski definition) is 2. The number of amides is 1. The van der Waals surface area contributed by atoms with Gasteiger partial charge >= 0.3 is 0 Å². The Morgan fingerprint density at radius 3 is 2.53 bits per heavy atom. The lowest BCUT2D eigenvalue weighted by Crippen LogP contribution is -2.56. The Balaban J connectivity index is 2.57. The van der Waals surface area contributed by atoms with Crippen LogP contribution in [0.4, 0.5) is 0 Å². The van der Waals surface area contributed by atoms with E-state index in [1.165, 1.54) is 0 Å². The van der Waals surface area contributed by atoms with Gasteiger partial charge in [0, 0.05) is 12.1 Å². The highest BCUT2D eigenvalue weighted by Gasteiger charge is 2.33. The SMILES string of the molecule is CC(C(=O)NC(C)(C)C)N1CCCC(C)(O)C1. The first-order valence-corrected chi connectivity index (χ1v) is 6.39. The molecule has 4 heteroatoms. The predicted octanol–water partition coefficient (Wildman–Crippen LogP) is 1.14. The Hall–Kier alpha value is -0.610. The number of carbonyl (C=O) groups excluding carboxylic acids is 1. The van der Waals surface area contributed by atoms with E-state index in [0.29, 0.717) is 6.54 Å². The normalized spacial score (nSPS) is 28.8. The fourth-order valence-electron chi connectivity index (χ4n) is 2.23. The van der Waals surface area contributed by atoms with Crippen LogP contribution in [0.2, 0.25) is 0 Å². The monoisotopic (exact) mass is 242 g/mol. The molecule has 0 bridgehead atoms. The highest BCUT2D eigenvalue weighted by molar-refractivity contribution is 5.81. The van der Waals surface area contributed by atoms with Crippen molar-refractivity contribution in [3.63, 3.8) is 0 Å². The van der Waals surface area contributed by atoms with E-state index in [0.717, 1.165) is 19.4 Å². The molecule has 1 amide bonds. The van der Waals surface area contributed by atoms with Crippen LogP contribution in [0.1, 0.15) is 47.5 Å². The third-order valence-electron chi connectivity index (χ3n) is 3.13. The minimum atomic E-state index is -0.658. The van der Waals surface area contributed by atoms with E-state index >= 15 is 0 Å². The summed E-state index contributed by atoms with van der Waals surface area (Å²) in [6.07, 6.45) is 1.76. The van der Waals surface area contributed by atoms with Crippen molar-refractivity contribution in [3.05, 3.63) is 0 Å². The number of likely N-dealkylation sites (tertiary alicyclic amines) is 1. The number of piperidine rings is 1. The van der Waals surface area contributed by atoms with Crippen LogP contribution in [0.3, 0.4) is 0 Å². The molecule has 0 aromatic heterocycles.